The lowest BCUT2D eigenvalue weighted by atomic mass is 10.2. The molecular formula is C12H15FN4. The lowest BCUT2D eigenvalue weighted by Crippen LogP contribution is -2.18. The zero-order valence-electron chi connectivity index (χ0n) is 9.89. The third-order valence-corrected chi connectivity index (χ3v) is 2.39. The summed E-state index contributed by atoms with van der Waals surface area (Å²) in [4.78, 5) is 4.37. The smallest absolute Gasteiger partial charge is 0.158 e. The highest BCUT2D eigenvalue weighted by molar-refractivity contribution is 5.54. The van der Waals surface area contributed by atoms with E-state index in [0.717, 1.165) is 5.56 Å². The summed E-state index contributed by atoms with van der Waals surface area (Å²) in [5.74, 6) is 1.06. The van der Waals surface area contributed by atoms with E-state index in [1.54, 1.807) is 17.8 Å². The average Bonchev–Trinajstić information content (AvgIpc) is 2.58. The number of benzene rings is 1. The van der Waals surface area contributed by atoms with E-state index in [9.17, 15) is 4.39 Å². The van der Waals surface area contributed by atoms with E-state index in [-0.39, 0.29) is 11.9 Å². The molecule has 0 aliphatic carbocycles. The molecule has 2 N–H and O–H groups in total. The fourth-order valence-corrected chi connectivity index (χ4v) is 1.69. The van der Waals surface area contributed by atoms with Gasteiger partial charge in [-0.2, -0.15) is 5.10 Å². The Labute approximate surface area is 99.3 Å². The molecule has 1 aromatic carbocycles. The minimum Gasteiger partial charge on any atom is -0.328 e. The van der Waals surface area contributed by atoms with Gasteiger partial charge < -0.3 is 5.73 Å². The van der Waals surface area contributed by atoms with Crippen LogP contribution in [0.5, 0.6) is 0 Å². The third kappa shape index (κ3) is 2.68. The van der Waals surface area contributed by atoms with E-state index in [4.69, 9.17) is 5.73 Å². The zero-order valence-corrected chi connectivity index (χ0v) is 9.89. The van der Waals surface area contributed by atoms with Crippen LogP contribution in [0.3, 0.4) is 0 Å². The largest absolute Gasteiger partial charge is 0.328 e. The summed E-state index contributed by atoms with van der Waals surface area (Å²) < 4.78 is 14.8. The first-order chi connectivity index (χ1) is 8.06. The van der Waals surface area contributed by atoms with Gasteiger partial charge >= 0.3 is 0 Å². The normalized spacial score (nSPS) is 12.7. The van der Waals surface area contributed by atoms with Crippen molar-refractivity contribution in [1.82, 2.24) is 14.8 Å². The number of halogens is 1. The summed E-state index contributed by atoms with van der Waals surface area (Å²) in [6, 6.07) is 6.33. The summed E-state index contributed by atoms with van der Waals surface area (Å²) >= 11 is 0. The number of aromatic nitrogens is 3. The van der Waals surface area contributed by atoms with Crippen LogP contribution in [0, 0.1) is 5.82 Å². The second kappa shape index (κ2) is 4.63. The number of rotatable bonds is 3. The van der Waals surface area contributed by atoms with Crippen molar-refractivity contribution in [2.45, 2.75) is 19.4 Å². The predicted molar refractivity (Wildman–Crippen MR) is 63.8 cm³/mol. The van der Waals surface area contributed by atoms with Crippen LogP contribution in [-0.4, -0.2) is 20.8 Å². The molecule has 0 amide bonds. The first kappa shape index (κ1) is 11.7. The van der Waals surface area contributed by atoms with E-state index < -0.39 is 0 Å². The molecule has 0 fully saturated rings. The van der Waals surface area contributed by atoms with Crippen molar-refractivity contribution in [3.63, 3.8) is 0 Å². The van der Waals surface area contributed by atoms with Crippen molar-refractivity contribution in [3.05, 3.63) is 35.9 Å². The second-order valence-corrected chi connectivity index (χ2v) is 4.17. The number of nitrogens with two attached hydrogens (primary N) is 1. The van der Waals surface area contributed by atoms with Gasteiger partial charge in [0, 0.05) is 25.1 Å². The van der Waals surface area contributed by atoms with Gasteiger partial charge in [0.05, 0.1) is 0 Å². The predicted octanol–water partition coefficient (Wildman–Crippen LogP) is 1.51. The SMILES string of the molecule is CC(N)Cc1nc(-c2cccc(F)c2)n(C)n1. The van der Waals surface area contributed by atoms with Gasteiger partial charge in [0.15, 0.2) is 11.6 Å². The van der Waals surface area contributed by atoms with Crippen molar-refractivity contribution in [1.29, 1.82) is 0 Å². The lowest BCUT2D eigenvalue weighted by molar-refractivity contribution is 0.628. The van der Waals surface area contributed by atoms with Gasteiger partial charge in [0.2, 0.25) is 0 Å². The van der Waals surface area contributed by atoms with Gasteiger partial charge in [-0.3, -0.25) is 0 Å². The molecule has 2 aromatic rings. The van der Waals surface area contributed by atoms with Crippen LogP contribution >= 0.6 is 0 Å². The Hall–Kier alpha value is -1.75. The lowest BCUT2D eigenvalue weighted by Gasteiger charge is -1.99. The standard InChI is InChI=1S/C12H15FN4/c1-8(14)6-11-15-12(17(2)16-11)9-4-3-5-10(13)7-9/h3-5,7-8H,6,14H2,1-2H3. The quantitative estimate of drug-likeness (QED) is 0.875. The number of hydrogen-bond acceptors (Lipinski definition) is 3. The maximum absolute atomic E-state index is 13.1. The van der Waals surface area contributed by atoms with E-state index >= 15 is 0 Å². The molecule has 0 aliphatic heterocycles. The Balaban J connectivity index is 2.36. The first-order valence-corrected chi connectivity index (χ1v) is 5.47. The summed E-state index contributed by atoms with van der Waals surface area (Å²) in [6.07, 6.45) is 0.614. The highest BCUT2D eigenvalue weighted by atomic mass is 19.1. The Morgan fingerprint density at radius 2 is 2.24 bits per heavy atom. The van der Waals surface area contributed by atoms with Crippen molar-refractivity contribution < 1.29 is 4.39 Å². The summed E-state index contributed by atoms with van der Waals surface area (Å²) in [6.45, 7) is 1.90. The molecular weight excluding hydrogens is 219 g/mol. The molecule has 0 radical (unpaired) electrons. The minimum absolute atomic E-state index is 0.0118. The van der Waals surface area contributed by atoms with Crippen LogP contribution in [0.1, 0.15) is 12.7 Å². The summed E-state index contributed by atoms with van der Waals surface area (Å²) in [5, 5.41) is 4.26. The molecule has 5 heteroatoms. The van der Waals surface area contributed by atoms with Gasteiger partial charge in [-0.05, 0) is 19.1 Å². The zero-order chi connectivity index (χ0) is 12.4. The van der Waals surface area contributed by atoms with Crippen molar-refractivity contribution in [2.24, 2.45) is 12.8 Å². The maximum Gasteiger partial charge on any atom is 0.158 e. The molecule has 0 saturated carbocycles. The molecule has 0 bridgehead atoms. The van der Waals surface area contributed by atoms with Crippen LogP contribution < -0.4 is 5.73 Å². The fourth-order valence-electron chi connectivity index (χ4n) is 1.69. The van der Waals surface area contributed by atoms with Crippen molar-refractivity contribution >= 4 is 0 Å². The van der Waals surface area contributed by atoms with E-state index in [1.165, 1.54) is 12.1 Å². The Morgan fingerprint density at radius 3 is 2.88 bits per heavy atom. The van der Waals surface area contributed by atoms with Crippen LogP contribution in [0.4, 0.5) is 4.39 Å². The maximum atomic E-state index is 13.1. The second-order valence-electron chi connectivity index (χ2n) is 4.17. The molecule has 1 heterocycles. The van der Waals surface area contributed by atoms with Gasteiger partial charge in [-0.1, -0.05) is 12.1 Å². The van der Waals surface area contributed by atoms with E-state index in [0.29, 0.717) is 18.1 Å². The van der Waals surface area contributed by atoms with Gasteiger partial charge in [0.1, 0.15) is 5.82 Å². The van der Waals surface area contributed by atoms with Gasteiger partial charge in [0.25, 0.3) is 0 Å². The Morgan fingerprint density at radius 1 is 1.47 bits per heavy atom. The van der Waals surface area contributed by atoms with Crippen molar-refractivity contribution in [2.75, 3.05) is 0 Å². The number of hydrogen-bond donors (Lipinski definition) is 1. The van der Waals surface area contributed by atoms with Gasteiger partial charge in [-0.15, -0.1) is 0 Å². The number of nitrogens with zero attached hydrogens (tertiary/aromatic N) is 3. The molecule has 0 saturated heterocycles. The van der Waals surface area contributed by atoms with Crippen LogP contribution in [-0.2, 0) is 13.5 Å². The molecule has 0 spiro atoms. The summed E-state index contributed by atoms with van der Waals surface area (Å²) in [7, 11) is 1.79. The van der Waals surface area contributed by atoms with Crippen LogP contribution in [0.2, 0.25) is 0 Å². The topological polar surface area (TPSA) is 56.7 Å². The molecule has 17 heavy (non-hydrogen) atoms. The minimum atomic E-state index is -0.278. The first-order valence-electron chi connectivity index (χ1n) is 5.47. The fraction of sp³-hybridized carbons (Fsp3) is 0.333. The van der Waals surface area contributed by atoms with E-state index in [2.05, 4.69) is 10.1 Å². The molecule has 2 rings (SSSR count). The monoisotopic (exact) mass is 234 g/mol. The summed E-state index contributed by atoms with van der Waals surface area (Å²) in [5.41, 5.74) is 6.42. The van der Waals surface area contributed by atoms with E-state index in [1.807, 2.05) is 13.0 Å². The van der Waals surface area contributed by atoms with Gasteiger partial charge in [-0.25, -0.2) is 14.1 Å². The third-order valence-electron chi connectivity index (χ3n) is 2.39. The molecule has 1 atom stereocenters. The molecule has 0 aliphatic rings. The molecule has 1 unspecified atom stereocenters. The highest BCUT2D eigenvalue weighted by Gasteiger charge is 2.11. The number of aryl methyl sites for hydroxylation is 1. The highest BCUT2D eigenvalue weighted by Crippen LogP contribution is 2.17. The molecule has 90 valence electrons. The molecule has 4 nitrogen and oxygen atoms in total. The van der Waals surface area contributed by atoms with Crippen LogP contribution in [0.15, 0.2) is 24.3 Å². The van der Waals surface area contributed by atoms with Crippen LogP contribution in [0.25, 0.3) is 11.4 Å². The Bertz CT molecular complexity index is 519. The Kier molecular flexibility index (Phi) is 3.19. The molecule has 1 aromatic heterocycles. The van der Waals surface area contributed by atoms with Crippen molar-refractivity contribution in [3.8, 4) is 11.4 Å². The average molecular weight is 234 g/mol.